The van der Waals surface area contributed by atoms with Gasteiger partial charge < -0.3 is 14.9 Å². The fourth-order valence-corrected chi connectivity index (χ4v) is 4.49. The number of aromatic nitrogens is 1. The van der Waals surface area contributed by atoms with E-state index in [-0.39, 0.29) is 49.4 Å². The first-order valence-corrected chi connectivity index (χ1v) is 10.7. The average molecular weight is 418 g/mol. The van der Waals surface area contributed by atoms with E-state index < -0.39 is 0 Å². The summed E-state index contributed by atoms with van der Waals surface area (Å²) in [5.41, 5.74) is 2.84. The van der Waals surface area contributed by atoms with Gasteiger partial charge in [-0.1, -0.05) is 43.9 Å². The van der Waals surface area contributed by atoms with Gasteiger partial charge in [-0.2, -0.15) is 0 Å². The molecule has 2 saturated heterocycles. The van der Waals surface area contributed by atoms with Gasteiger partial charge in [0.2, 0.25) is 11.8 Å². The molecule has 2 aliphatic rings. The van der Waals surface area contributed by atoms with E-state index in [2.05, 4.69) is 30.7 Å². The van der Waals surface area contributed by atoms with Crippen molar-refractivity contribution in [1.82, 2.24) is 14.8 Å². The van der Waals surface area contributed by atoms with E-state index >= 15 is 0 Å². The normalized spacial score (nSPS) is 22.5. The van der Waals surface area contributed by atoms with E-state index in [0.717, 1.165) is 16.7 Å². The van der Waals surface area contributed by atoms with E-state index in [4.69, 9.17) is 0 Å². The second-order valence-electron chi connectivity index (χ2n) is 8.50. The van der Waals surface area contributed by atoms with Gasteiger partial charge in [0.15, 0.2) is 0 Å². The predicted molar refractivity (Wildman–Crippen MR) is 117 cm³/mol. The summed E-state index contributed by atoms with van der Waals surface area (Å²) in [6, 6.07) is 11.3. The van der Waals surface area contributed by atoms with E-state index in [1.54, 1.807) is 28.3 Å². The minimum atomic E-state index is -0.249. The number of carbonyl (C=O) groups excluding carboxylic acids is 2. The van der Waals surface area contributed by atoms with Crippen LogP contribution in [-0.4, -0.2) is 63.5 Å². The van der Waals surface area contributed by atoms with Gasteiger partial charge in [-0.05, 0) is 29.3 Å². The largest absolute Gasteiger partial charge is 0.394 e. The lowest BCUT2D eigenvalue weighted by molar-refractivity contribution is -0.166. The second kappa shape index (κ2) is 8.91. The maximum absolute atomic E-state index is 12.8. The maximum atomic E-state index is 12.8. The van der Waals surface area contributed by atoms with E-state index in [1.807, 2.05) is 30.3 Å². The lowest BCUT2D eigenvalue weighted by atomic mass is 9.73. The van der Waals surface area contributed by atoms with Crippen LogP contribution < -0.4 is 0 Å². The molecule has 6 nitrogen and oxygen atoms in total. The summed E-state index contributed by atoms with van der Waals surface area (Å²) in [5.74, 6) is 6.43. The lowest BCUT2D eigenvalue weighted by Gasteiger charge is -2.58. The Kier molecular flexibility index (Phi) is 6.06. The fourth-order valence-electron chi connectivity index (χ4n) is 4.49. The summed E-state index contributed by atoms with van der Waals surface area (Å²) >= 11 is 0. The molecule has 4 rings (SSSR count). The summed E-state index contributed by atoms with van der Waals surface area (Å²) in [4.78, 5) is 33.0. The second-order valence-corrected chi connectivity index (χ2v) is 8.50. The number of hydrogen-bond donors (Lipinski definition) is 1. The number of rotatable bonds is 4. The summed E-state index contributed by atoms with van der Waals surface area (Å²) in [5, 5.41) is 9.94. The van der Waals surface area contributed by atoms with Gasteiger partial charge in [-0.25, -0.2) is 0 Å². The summed E-state index contributed by atoms with van der Waals surface area (Å²) in [6.07, 6.45) is 3.57. The number of aliphatic hydroxyl groups is 1. The number of amides is 2. The first-order chi connectivity index (χ1) is 15.0. The molecule has 3 atom stereocenters. The Balaban J connectivity index is 1.50. The highest BCUT2D eigenvalue weighted by molar-refractivity contribution is 5.88. The number of piperazine rings is 1. The van der Waals surface area contributed by atoms with Crippen LogP contribution in [0.1, 0.15) is 36.5 Å². The minimum absolute atomic E-state index is 0.00458. The molecule has 1 N–H and O–H groups in total. The number of fused-ring (bicyclic) bond motifs is 1. The molecule has 6 heteroatoms. The number of benzene rings is 1. The standard InChI is InChI=1S/C25H27N3O3/c1-17(2)5-6-18-7-9-20(10-8-18)25-21-14-27(15-24(31)28(21)22(25)16-29)23(30)12-19-4-3-11-26-13-19/h3-4,7-11,13,17,21-22,25,29H,12,14-16H2,1-2H3/t21-,22-,25-/m1/s1. The van der Waals surface area contributed by atoms with Gasteiger partial charge in [0.1, 0.15) is 0 Å². The van der Waals surface area contributed by atoms with Gasteiger partial charge in [-0.15, -0.1) is 0 Å². The topological polar surface area (TPSA) is 73.7 Å². The SMILES string of the molecule is CC(C)C#Cc1ccc([C@H]2[C@@H](CO)N3C(=O)CN(C(=O)Cc4cccnc4)C[C@H]23)cc1. The van der Waals surface area contributed by atoms with Crippen LogP contribution in [0.25, 0.3) is 0 Å². The first kappa shape index (κ1) is 21.1. The molecule has 0 spiro atoms. The molecule has 0 aliphatic carbocycles. The summed E-state index contributed by atoms with van der Waals surface area (Å²) < 4.78 is 0. The number of hydrogen-bond acceptors (Lipinski definition) is 4. The molecule has 160 valence electrons. The predicted octanol–water partition coefficient (Wildman–Crippen LogP) is 1.83. The highest BCUT2D eigenvalue weighted by Gasteiger charge is 2.54. The van der Waals surface area contributed by atoms with Crippen LogP contribution in [0, 0.1) is 17.8 Å². The zero-order valence-electron chi connectivity index (χ0n) is 17.9. The Morgan fingerprint density at radius 3 is 2.68 bits per heavy atom. The molecule has 0 bridgehead atoms. The molecule has 3 heterocycles. The van der Waals surface area contributed by atoms with Crippen LogP contribution in [0.4, 0.5) is 0 Å². The summed E-state index contributed by atoms with van der Waals surface area (Å²) in [6.45, 7) is 4.55. The molecule has 0 saturated carbocycles. The number of nitrogens with zero attached hydrogens (tertiary/aromatic N) is 3. The van der Waals surface area contributed by atoms with Crippen molar-refractivity contribution < 1.29 is 14.7 Å². The molecule has 2 amide bonds. The third kappa shape index (κ3) is 4.33. The van der Waals surface area contributed by atoms with Crippen LogP contribution in [0.3, 0.4) is 0 Å². The molecule has 2 fully saturated rings. The maximum Gasteiger partial charge on any atom is 0.242 e. The van der Waals surface area contributed by atoms with Gasteiger partial charge >= 0.3 is 0 Å². The van der Waals surface area contributed by atoms with Crippen molar-refractivity contribution in [2.45, 2.75) is 38.3 Å². The molecule has 31 heavy (non-hydrogen) atoms. The van der Waals surface area contributed by atoms with Crippen molar-refractivity contribution in [2.24, 2.45) is 5.92 Å². The molecule has 0 unspecified atom stereocenters. The van der Waals surface area contributed by atoms with Crippen LogP contribution >= 0.6 is 0 Å². The van der Waals surface area contributed by atoms with Crippen LogP contribution in [0.15, 0.2) is 48.8 Å². The van der Waals surface area contributed by atoms with Crippen LogP contribution in [0.2, 0.25) is 0 Å². The molecule has 1 aromatic heterocycles. The van der Waals surface area contributed by atoms with Crippen LogP contribution in [-0.2, 0) is 16.0 Å². The molecule has 0 radical (unpaired) electrons. The van der Waals surface area contributed by atoms with Crippen molar-refractivity contribution in [1.29, 1.82) is 0 Å². The minimum Gasteiger partial charge on any atom is -0.394 e. The Labute approximate surface area is 182 Å². The first-order valence-electron chi connectivity index (χ1n) is 10.7. The quantitative estimate of drug-likeness (QED) is 0.771. The Morgan fingerprint density at radius 2 is 2.03 bits per heavy atom. The number of aliphatic hydroxyl groups excluding tert-OH is 1. The van der Waals surface area contributed by atoms with E-state index in [1.165, 1.54) is 0 Å². The zero-order chi connectivity index (χ0) is 22.0. The van der Waals surface area contributed by atoms with Gasteiger partial charge in [0.25, 0.3) is 0 Å². The zero-order valence-corrected chi connectivity index (χ0v) is 17.9. The average Bonchev–Trinajstić information content (AvgIpc) is 2.75. The monoisotopic (exact) mass is 417 g/mol. The fraction of sp³-hybridized carbons (Fsp3) is 0.400. The molecular weight excluding hydrogens is 390 g/mol. The molecule has 2 aliphatic heterocycles. The number of carbonyl (C=O) groups is 2. The highest BCUT2D eigenvalue weighted by atomic mass is 16.3. The Morgan fingerprint density at radius 1 is 1.26 bits per heavy atom. The van der Waals surface area contributed by atoms with E-state index in [0.29, 0.717) is 12.5 Å². The third-order valence-electron chi connectivity index (χ3n) is 5.98. The van der Waals surface area contributed by atoms with E-state index in [9.17, 15) is 14.7 Å². The Hall–Kier alpha value is -3.17. The third-order valence-corrected chi connectivity index (χ3v) is 5.98. The Bertz CT molecular complexity index is 1010. The van der Waals surface area contributed by atoms with Crippen LogP contribution in [0.5, 0.6) is 0 Å². The van der Waals surface area contributed by atoms with Crippen molar-refractivity contribution in [2.75, 3.05) is 19.7 Å². The smallest absolute Gasteiger partial charge is 0.242 e. The summed E-state index contributed by atoms with van der Waals surface area (Å²) in [7, 11) is 0. The van der Waals surface area contributed by atoms with Crippen molar-refractivity contribution in [3.05, 3.63) is 65.5 Å². The lowest BCUT2D eigenvalue weighted by Crippen LogP contribution is -2.73. The van der Waals surface area contributed by atoms with Gasteiger partial charge in [0.05, 0.1) is 31.7 Å². The molecular formula is C25H27N3O3. The molecule has 1 aromatic carbocycles. The van der Waals surface area contributed by atoms with Crippen molar-refractivity contribution in [3.63, 3.8) is 0 Å². The van der Waals surface area contributed by atoms with Crippen molar-refractivity contribution >= 4 is 11.8 Å². The number of pyridine rings is 1. The van der Waals surface area contributed by atoms with Gasteiger partial charge in [0, 0.05) is 36.3 Å². The van der Waals surface area contributed by atoms with Crippen molar-refractivity contribution in [3.8, 4) is 11.8 Å². The van der Waals surface area contributed by atoms with Gasteiger partial charge in [-0.3, -0.25) is 14.6 Å². The molecule has 2 aromatic rings. The highest BCUT2D eigenvalue weighted by Crippen LogP contribution is 2.42.